The van der Waals surface area contributed by atoms with Crippen molar-refractivity contribution in [2.24, 2.45) is 0 Å². The van der Waals surface area contributed by atoms with Crippen molar-refractivity contribution in [2.75, 3.05) is 0 Å². The number of rotatable bonds is 5. The van der Waals surface area contributed by atoms with Gasteiger partial charge in [0.1, 0.15) is 11.1 Å². The lowest BCUT2D eigenvalue weighted by atomic mass is 10.1. The highest BCUT2D eigenvalue weighted by Crippen LogP contribution is 2.27. The summed E-state index contributed by atoms with van der Waals surface area (Å²) in [6.45, 7) is 7.57. The van der Waals surface area contributed by atoms with Crippen LogP contribution < -0.4 is 5.32 Å². The van der Waals surface area contributed by atoms with Crippen LogP contribution in [-0.2, 0) is 4.79 Å². The molecule has 2 aromatic rings. The summed E-state index contributed by atoms with van der Waals surface area (Å²) in [5.74, 6) is -0.0683. The van der Waals surface area contributed by atoms with Gasteiger partial charge in [-0.1, -0.05) is 42.1 Å². The first-order valence-corrected chi connectivity index (χ1v) is 8.70. The molecule has 0 fully saturated rings. The molecule has 0 spiro atoms. The molecule has 0 aliphatic heterocycles. The van der Waals surface area contributed by atoms with Crippen LogP contribution in [0, 0.1) is 25.2 Å². The average molecular weight is 339 g/mol. The summed E-state index contributed by atoms with van der Waals surface area (Å²) in [7, 11) is 0. The van der Waals surface area contributed by atoms with Crippen molar-refractivity contribution < 1.29 is 4.79 Å². The monoisotopic (exact) mass is 339 g/mol. The van der Waals surface area contributed by atoms with E-state index in [0.29, 0.717) is 10.6 Å². The van der Waals surface area contributed by atoms with Crippen molar-refractivity contribution in [3.63, 3.8) is 0 Å². The Kier molecular flexibility index (Phi) is 5.99. The normalized spacial score (nSPS) is 13.0. The highest BCUT2D eigenvalue weighted by molar-refractivity contribution is 8.00. The van der Waals surface area contributed by atoms with E-state index >= 15 is 0 Å². The van der Waals surface area contributed by atoms with E-state index in [1.54, 1.807) is 0 Å². The van der Waals surface area contributed by atoms with Crippen LogP contribution in [-0.4, -0.2) is 16.1 Å². The lowest BCUT2D eigenvalue weighted by Gasteiger charge is -2.18. The molecule has 0 saturated heterocycles. The maximum absolute atomic E-state index is 12.5. The number of nitriles is 1. The number of nitrogens with one attached hydrogen (secondary N) is 1. The maximum atomic E-state index is 12.5. The number of pyridine rings is 1. The van der Waals surface area contributed by atoms with Crippen LogP contribution in [0.2, 0.25) is 0 Å². The van der Waals surface area contributed by atoms with E-state index in [1.807, 2.05) is 64.1 Å². The second kappa shape index (κ2) is 7.98. The Balaban J connectivity index is 2.09. The lowest BCUT2D eigenvalue weighted by Crippen LogP contribution is -2.33. The van der Waals surface area contributed by atoms with Gasteiger partial charge in [0.25, 0.3) is 0 Å². The second-order valence-corrected chi connectivity index (χ2v) is 7.10. The predicted molar refractivity (Wildman–Crippen MR) is 96.7 cm³/mol. The minimum atomic E-state index is -0.336. The predicted octanol–water partition coefficient (Wildman–Crippen LogP) is 3.93. The number of carbonyl (C=O) groups is 1. The molecular weight excluding hydrogens is 318 g/mol. The Morgan fingerprint density at radius 1 is 1.25 bits per heavy atom. The molecule has 0 radical (unpaired) electrons. The smallest absolute Gasteiger partial charge is 0.233 e. The molecular formula is C19H21N3OS. The van der Waals surface area contributed by atoms with Gasteiger partial charge >= 0.3 is 0 Å². The molecule has 1 aromatic heterocycles. The number of thioether (sulfide) groups is 1. The van der Waals surface area contributed by atoms with Gasteiger partial charge in [-0.2, -0.15) is 5.26 Å². The van der Waals surface area contributed by atoms with Gasteiger partial charge < -0.3 is 5.32 Å². The van der Waals surface area contributed by atoms with Gasteiger partial charge in [0.2, 0.25) is 5.91 Å². The fraction of sp³-hybridized carbons (Fsp3) is 0.316. The fourth-order valence-electron chi connectivity index (χ4n) is 2.40. The summed E-state index contributed by atoms with van der Waals surface area (Å²) in [4.78, 5) is 16.9. The average Bonchev–Trinajstić information content (AvgIpc) is 2.55. The number of aryl methyl sites for hydroxylation is 2. The van der Waals surface area contributed by atoms with Crippen LogP contribution in [0.5, 0.6) is 0 Å². The van der Waals surface area contributed by atoms with Crippen LogP contribution in [0.15, 0.2) is 41.4 Å². The van der Waals surface area contributed by atoms with Crippen molar-refractivity contribution in [2.45, 2.75) is 44.0 Å². The molecule has 0 bridgehead atoms. The van der Waals surface area contributed by atoms with Crippen LogP contribution in [0.4, 0.5) is 0 Å². The molecule has 0 aliphatic rings. The van der Waals surface area contributed by atoms with Crippen LogP contribution in [0.3, 0.4) is 0 Å². The zero-order valence-corrected chi connectivity index (χ0v) is 15.1. The van der Waals surface area contributed by atoms with Gasteiger partial charge in [0.15, 0.2) is 0 Å². The first-order chi connectivity index (χ1) is 11.4. The molecule has 5 heteroatoms. The zero-order valence-electron chi connectivity index (χ0n) is 14.3. The highest BCUT2D eigenvalue weighted by atomic mass is 32.2. The van der Waals surface area contributed by atoms with E-state index in [0.717, 1.165) is 16.8 Å². The minimum Gasteiger partial charge on any atom is -0.349 e. The third-order valence-electron chi connectivity index (χ3n) is 3.74. The molecule has 0 saturated carbocycles. The number of hydrogen-bond acceptors (Lipinski definition) is 4. The van der Waals surface area contributed by atoms with Crippen molar-refractivity contribution in [3.05, 3.63) is 58.8 Å². The summed E-state index contributed by atoms with van der Waals surface area (Å²) in [5.41, 5.74) is 3.34. The van der Waals surface area contributed by atoms with Gasteiger partial charge in [-0.05, 0) is 44.9 Å². The van der Waals surface area contributed by atoms with E-state index in [9.17, 15) is 10.1 Å². The lowest BCUT2D eigenvalue weighted by molar-refractivity contribution is -0.120. The molecule has 124 valence electrons. The van der Waals surface area contributed by atoms with Gasteiger partial charge in [-0.3, -0.25) is 4.79 Å². The molecule has 24 heavy (non-hydrogen) atoms. The van der Waals surface area contributed by atoms with E-state index in [2.05, 4.69) is 16.4 Å². The fourth-order valence-corrected chi connectivity index (χ4v) is 3.43. The molecule has 1 heterocycles. The Labute approximate surface area is 147 Å². The molecule has 2 unspecified atom stereocenters. The third kappa shape index (κ3) is 4.36. The number of nitrogens with zero attached hydrogens (tertiary/aromatic N) is 2. The van der Waals surface area contributed by atoms with Crippen molar-refractivity contribution in [1.82, 2.24) is 10.3 Å². The second-order valence-electron chi connectivity index (χ2n) is 5.77. The number of amides is 1. The van der Waals surface area contributed by atoms with E-state index < -0.39 is 0 Å². The van der Waals surface area contributed by atoms with Crippen LogP contribution in [0.25, 0.3) is 0 Å². The Bertz CT molecular complexity index is 768. The molecule has 2 rings (SSSR count). The molecule has 1 aromatic carbocycles. The SMILES string of the molecule is Cc1cc(C)c(C#N)c(SC(C)C(=O)NC(C)c2ccccc2)n1. The summed E-state index contributed by atoms with van der Waals surface area (Å²) in [5, 5.41) is 12.6. The van der Waals surface area contributed by atoms with E-state index in [1.165, 1.54) is 11.8 Å². The first-order valence-electron chi connectivity index (χ1n) is 7.82. The minimum absolute atomic E-state index is 0.0654. The molecule has 0 aliphatic carbocycles. The largest absolute Gasteiger partial charge is 0.349 e. The number of aromatic nitrogens is 1. The number of benzene rings is 1. The first kappa shape index (κ1) is 18.0. The summed E-state index contributed by atoms with van der Waals surface area (Å²) < 4.78 is 0. The number of hydrogen-bond donors (Lipinski definition) is 1. The molecule has 4 nitrogen and oxygen atoms in total. The van der Waals surface area contributed by atoms with Crippen molar-refractivity contribution in [1.29, 1.82) is 5.26 Å². The molecule has 1 N–H and O–H groups in total. The Morgan fingerprint density at radius 2 is 1.92 bits per heavy atom. The van der Waals surface area contributed by atoms with Gasteiger partial charge in [0, 0.05) is 5.69 Å². The maximum Gasteiger partial charge on any atom is 0.233 e. The van der Waals surface area contributed by atoms with Crippen LogP contribution in [0.1, 0.15) is 42.3 Å². The van der Waals surface area contributed by atoms with Gasteiger partial charge in [-0.15, -0.1) is 0 Å². The molecule has 1 amide bonds. The van der Waals surface area contributed by atoms with E-state index in [4.69, 9.17) is 0 Å². The van der Waals surface area contributed by atoms with Gasteiger partial charge in [0.05, 0.1) is 16.9 Å². The third-order valence-corrected chi connectivity index (χ3v) is 4.83. The summed E-state index contributed by atoms with van der Waals surface area (Å²) in [6.07, 6.45) is 0. The zero-order chi connectivity index (χ0) is 17.7. The number of carbonyl (C=O) groups excluding carboxylic acids is 1. The summed E-state index contributed by atoms with van der Waals surface area (Å²) >= 11 is 1.32. The van der Waals surface area contributed by atoms with Crippen molar-refractivity contribution in [3.8, 4) is 6.07 Å². The highest BCUT2D eigenvalue weighted by Gasteiger charge is 2.20. The topological polar surface area (TPSA) is 65.8 Å². The van der Waals surface area contributed by atoms with E-state index in [-0.39, 0.29) is 17.2 Å². The van der Waals surface area contributed by atoms with Gasteiger partial charge in [-0.25, -0.2) is 4.98 Å². The molecule has 2 atom stereocenters. The quantitative estimate of drug-likeness (QED) is 0.838. The van der Waals surface area contributed by atoms with Crippen LogP contribution >= 0.6 is 11.8 Å². The Morgan fingerprint density at radius 3 is 2.54 bits per heavy atom. The standard InChI is InChI=1S/C19H21N3OS/c1-12-10-13(2)21-19(17(12)11-20)24-15(4)18(23)22-14(3)16-8-6-5-7-9-16/h5-10,14-15H,1-4H3,(H,22,23). The Hall–Kier alpha value is -2.32. The summed E-state index contributed by atoms with van der Waals surface area (Å²) in [6, 6.07) is 13.8. The van der Waals surface area contributed by atoms with Crippen molar-refractivity contribution >= 4 is 17.7 Å².